The minimum atomic E-state index is 0.280. The van der Waals surface area contributed by atoms with Crippen LogP contribution in [0.5, 0.6) is 0 Å². The lowest BCUT2D eigenvalue weighted by Gasteiger charge is -2.22. The van der Waals surface area contributed by atoms with Crippen LogP contribution in [-0.4, -0.2) is 45.2 Å². The van der Waals surface area contributed by atoms with Crippen LogP contribution in [0.1, 0.15) is 18.9 Å². The maximum Gasteiger partial charge on any atom is 0.0364 e. The Balaban J connectivity index is 2.53. The normalized spacial score (nSPS) is 12.8. The molecule has 0 saturated heterocycles. The van der Waals surface area contributed by atoms with E-state index in [2.05, 4.69) is 62.1 Å². The van der Waals surface area contributed by atoms with E-state index < -0.39 is 0 Å². The van der Waals surface area contributed by atoms with Crippen LogP contribution in [0.4, 0.5) is 5.69 Å². The Labute approximate surface area is 112 Å². The molecule has 0 bridgehead atoms. The number of nitrogens with zero attached hydrogens (tertiary/aromatic N) is 2. The monoisotopic (exact) mass is 249 g/mol. The fraction of sp³-hybridized carbons (Fsp3) is 0.600. The van der Waals surface area contributed by atoms with Crippen LogP contribution < -0.4 is 10.6 Å². The van der Waals surface area contributed by atoms with Gasteiger partial charge in [-0.2, -0.15) is 0 Å². The third-order valence-electron chi connectivity index (χ3n) is 3.28. The minimum absolute atomic E-state index is 0.280. The highest BCUT2D eigenvalue weighted by Crippen LogP contribution is 2.14. The first-order valence-corrected chi connectivity index (χ1v) is 6.73. The lowest BCUT2D eigenvalue weighted by atomic mass is 10.0. The number of nitrogens with two attached hydrogens (primary N) is 1. The Morgan fingerprint density at radius 2 is 1.67 bits per heavy atom. The summed E-state index contributed by atoms with van der Waals surface area (Å²) in [5, 5.41) is 0. The number of hydrogen-bond acceptors (Lipinski definition) is 3. The van der Waals surface area contributed by atoms with E-state index in [0.717, 1.165) is 25.9 Å². The van der Waals surface area contributed by atoms with Crippen molar-refractivity contribution in [3.63, 3.8) is 0 Å². The number of rotatable bonds is 7. The smallest absolute Gasteiger partial charge is 0.0364 e. The Morgan fingerprint density at radius 3 is 2.17 bits per heavy atom. The summed E-state index contributed by atoms with van der Waals surface area (Å²) in [7, 11) is 6.34. The molecule has 0 saturated carbocycles. The molecule has 0 heterocycles. The second-order valence-electron chi connectivity index (χ2n) is 5.26. The molecule has 1 aromatic rings. The van der Waals surface area contributed by atoms with Crippen LogP contribution in [0.25, 0.3) is 0 Å². The summed E-state index contributed by atoms with van der Waals surface area (Å²) in [4.78, 5) is 4.48. The third-order valence-corrected chi connectivity index (χ3v) is 3.28. The van der Waals surface area contributed by atoms with E-state index >= 15 is 0 Å². The molecule has 3 heteroatoms. The predicted molar refractivity (Wildman–Crippen MR) is 80.2 cm³/mol. The summed E-state index contributed by atoms with van der Waals surface area (Å²) in [6, 6.07) is 9.04. The van der Waals surface area contributed by atoms with Crippen molar-refractivity contribution >= 4 is 5.69 Å². The van der Waals surface area contributed by atoms with Gasteiger partial charge in [-0.15, -0.1) is 0 Å². The first-order chi connectivity index (χ1) is 8.52. The standard InChI is InChI=1S/C15H27N3/c1-5-14(16)12-13-6-8-15(9-7-13)18(4)11-10-17(2)3/h6-9,14H,5,10-12,16H2,1-4H3. The van der Waals surface area contributed by atoms with Gasteiger partial charge >= 0.3 is 0 Å². The van der Waals surface area contributed by atoms with Crippen molar-refractivity contribution in [1.82, 2.24) is 4.90 Å². The van der Waals surface area contributed by atoms with Crippen LogP contribution in [-0.2, 0) is 6.42 Å². The van der Waals surface area contributed by atoms with Crippen molar-refractivity contribution in [2.75, 3.05) is 39.1 Å². The predicted octanol–water partition coefficient (Wildman–Crippen LogP) is 1.96. The van der Waals surface area contributed by atoms with Crippen LogP contribution >= 0.6 is 0 Å². The molecular formula is C15H27N3. The molecule has 2 N–H and O–H groups in total. The second kappa shape index (κ2) is 7.39. The van der Waals surface area contributed by atoms with Crippen LogP contribution in [0.3, 0.4) is 0 Å². The lowest BCUT2D eigenvalue weighted by molar-refractivity contribution is 0.416. The first-order valence-electron chi connectivity index (χ1n) is 6.73. The molecule has 0 spiro atoms. The van der Waals surface area contributed by atoms with E-state index in [-0.39, 0.29) is 6.04 Å². The molecule has 0 radical (unpaired) electrons. The van der Waals surface area contributed by atoms with Crippen LogP contribution in [0, 0.1) is 0 Å². The molecule has 1 aromatic carbocycles. The van der Waals surface area contributed by atoms with E-state index in [9.17, 15) is 0 Å². The quantitative estimate of drug-likeness (QED) is 0.802. The largest absolute Gasteiger partial charge is 0.373 e. The zero-order valence-corrected chi connectivity index (χ0v) is 12.2. The number of likely N-dealkylation sites (N-methyl/N-ethyl adjacent to an activating group) is 2. The minimum Gasteiger partial charge on any atom is -0.373 e. The zero-order chi connectivity index (χ0) is 13.5. The highest BCUT2D eigenvalue weighted by atomic mass is 15.1. The number of anilines is 1. The van der Waals surface area contributed by atoms with E-state index in [4.69, 9.17) is 5.73 Å². The number of benzene rings is 1. The van der Waals surface area contributed by atoms with Gasteiger partial charge in [-0.3, -0.25) is 0 Å². The van der Waals surface area contributed by atoms with Crippen molar-refractivity contribution < 1.29 is 0 Å². The van der Waals surface area contributed by atoms with Gasteiger partial charge in [0.2, 0.25) is 0 Å². The highest BCUT2D eigenvalue weighted by molar-refractivity contribution is 5.46. The van der Waals surface area contributed by atoms with E-state index in [1.165, 1.54) is 11.3 Å². The van der Waals surface area contributed by atoms with Crippen molar-refractivity contribution in [2.24, 2.45) is 5.73 Å². The van der Waals surface area contributed by atoms with E-state index in [0.29, 0.717) is 0 Å². The highest BCUT2D eigenvalue weighted by Gasteiger charge is 2.04. The Kier molecular flexibility index (Phi) is 6.16. The van der Waals surface area contributed by atoms with Gasteiger partial charge in [0.1, 0.15) is 0 Å². The molecule has 0 aliphatic heterocycles. The van der Waals surface area contributed by atoms with E-state index in [1.54, 1.807) is 0 Å². The summed E-state index contributed by atoms with van der Waals surface area (Å²) in [6.07, 6.45) is 2.00. The van der Waals surface area contributed by atoms with Crippen molar-refractivity contribution in [1.29, 1.82) is 0 Å². The van der Waals surface area contributed by atoms with Gasteiger partial charge in [-0.1, -0.05) is 19.1 Å². The fourth-order valence-electron chi connectivity index (χ4n) is 1.81. The maximum atomic E-state index is 5.97. The SMILES string of the molecule is CCC(N)Cc1ccc(N(C)CCN(C)C)cc1. The molecule has 0 amide bonds. The Morgan fingerprint density at radius 1 is 1.06 bits per heavy atom. The molecular weight excluding hydrogens is 222 g/mol. The second-order valence-corrected chi connectivity index (χ2v) is 5.26. The van der Waals surface area contributed by atoms with Gasteiger partial charge in [0, 0.05) is 31.9 Å². The first kappa shape index (κ1) is 15.0. The van der Waals surface area contributed by atoms with Gasteiger partial charge in [0.25, 0.3) is 0 Å². The fourth-order valence-corrected chi connectivity index (χ4v) is 1.81. The maximum absolute atomic E-state index is 5.97. The molecule has 0 aliphatic carbocycles. The molecule has 0 aliphatic rings. The van der Waals surface area contributed by atoms with Crippen LogP contribution in [0.15, 0.2) is 24.3 Å². The number of hydrogen-bond donors (Lipinski definition) is 1. The average Bonchev–Trinajstić information content (AvgIpc) is 2.36. The Hall–Kier alpha value is -1.06. The third kappa shape index (κ3) is 5.07. The molecule has 1 unspecified atom stereocenters. The van der Waals surface area contributed by atoms with Crippen molar-refractivity contribution in [3.8, 4) is 0 Å². The topological polar surface area (TPSA) is 32.5 Å². The summed E-state index contributed by atoms with van der Waals surface area (Å²) in [6.45, 7) is 4.24. The van der Waals surface area contributed by atoms with Crippen molar-refractivity contribution in [3.05, 3.63) is 29.8 Å². The average molecular weight is 249 g/mol. The molecule has 0 aromatic heterocycles. The summed E-state index contributed by atoms with van der Waals surface area (Å²) >= 11 is 0. The molecule has 1 atom stereocenters. The summed E-state index contributed by atoms with van der Waals surface area (Å²) < 4.78 is 0. The molecule has 0 fully saturated rings. The molecule has 102 valence electrons. The molecule has 3 nitrogen and oxygen atoms in total. The summed E-state index contributed by atoms with van der Waals surface area (Å²) in [5.74, 6) is 0. The van der Waals surface area contributed by atoms with Gasteiger partial charge in [-0.05, 0) is 44.6 Å². The molecule has 18 heavy (non-hydrogen) atoms. The molecule has 1 rings (SSSR count). The lowest BCUT2D eigenvalue weighted by Crippen LogP contribution is -2.28. The van der Waals surface area contributed by atoms with Gasteiger partial charge in [0.15, 0.2) is 0 Å². The van der Waals surface area contributed by atoms with E-state index in [1.807, 2.05) is 0 Å². The van der Waals surface area contributed by atoms with Gasteiger partial charge in [-0.25, -0.2) is 0 Å². The Bertz CT molecular complexity index is 332. The van der Waals surface area contributed by atoms with Gasteiger partial charge in [0.05, 0.1) is 0 Å². The van der Waals surface area contributed by atoms with Gasteiger partial charge < -0.3 is 15.5 Å². The van der Waals surface area contributed by atoms with Crippen LogP contribution in [0.2, 0.25) is 0 Å². The summed E-state index contributed by atoms with van der Waals surface area (Å²) in [5.41, 5.74) is 8.56. The van der Waals surface area contributed by atoms with Crippen molar-refractivity contribution in [2.45, 2.75) is 25.8 Å². The zero-order valence-electron chi connectivity index (χ0n) is 12.2.